The van der Waals surface area contributed by atoms with Gasteiger partial charge < -0.3 is 15.2 Å². The molecule has 2 aliphatic rings. The van der Waals surface area contributed by atoms with Crippen molar-refractivity contribution in [1.29, 1.82) is 0 Å². The number of aliphatic hydroxyl groups excluding tert-OH is 1. The first-order valence-electron chi connectivity index (χ1n) is 9.41. The van der Waals surface area contributed by atoms with E-state index in [1.807, 2.05) is 18.2 Å². The fourth-order valence-electron chi connectivity index (χ4n) is 5.11. The van der Waals surface area contributed by atoms with Gasteiger partial charge in [-0.15, -0.1) is 0 Å². The molecule has 5 atom stereocenters. The zero-order chi connectivity index (χ0) is 17.4. The van der Waals surface area contributed by atoms with Crippen LogP contribution in [0, 0.1) is 16.7 Å². The van der Waals surface area contributed by atoms with Crippen LogP contribution >= 0.6 is 0 Å². The second-order valence-corrected chi connectivity index (χ2v) is 8.82. The summed E-state index contributed by atoms with van der Waals surface area (Å²) in [6.07, 6.45) is 3.69. The van der Waals surface area contributed by atoms with Crippen LogP contribution in [0.2, 0.25) is 0 Å². The molecule has 3 rings (SSSR count). The molecule has 2 aliphatic carbocycles. The van der Waals surface area contributed by atoms with Gasteiger partial charge in [0.25, 0.3) is 0 Å². The highest BCUT2D eigenvalue weighted by Crippen LogP contribution is 2.63. The number of ether oxygens (including phenoxy) is 1. The van der Waals surface area contributed by atoms with Gasteiger partial charge in [0.15, 0.2) is 0 Å². The van der Waals surface area contributed by atoms with E-state index < -0.39 is 6.10 Å². The number of nitrogens with one attached hydrogen (secondary N) is 1. The Balaban J connectivity index is 1.47. The minimum atomic E-state index is -0.463. The third kappa shape index (κ3) is 3.40. The molecule has 0 spiro atoms. The lowest BCUT2D eigenvalue weighted by Crippen LogP contribution is -2.44. The fourth-order valence-corrected chi connectivity index (χ4v) is 5.11. The Morgan fingerprint density at radius 2 is 1.96 bits per heavy atom. The molecule has 1 aromatic rings. The molecule has 0 unspecified atom stereocenters. The van der Waals surface area contributed by atoms with E-state index in [0.717, 1.165) is 5.92 Å². The van der Waals surface area contributed by atoms with E-state index in [1.54, 1.807) is 0 Å². The number of hydrogen-bond acceptors (Lipinski definition) is 3. The molecule has 1 aromatic carbocycles. The molecule has 3 nitrogen and oxygen atoms in total. The van der Waals surface area contributed by atoms with Crippen LogP contribution in [0.4, 0.5) is 0 Å². The van der Waals surface area contributed by atoms with Crippen LogP contribution in [-0.4, -0.2) is 30.5 Å². The van der Waals surface area contributed by atoms with Crippen molar-refractivity contribution in [3.8, 4) is 0 Å². The molecule has 0 radical (unpaired) electrons. The zero-order valence-corrected chi connectivity index (χ0v) is 15.6. The van der Waals surface area contributed by atoms with E-state index in [2.05, 4.69) is 45.1 Å². The Morgan fingerprint density at radius 3 is 2.58 bits per heavy atom. The molecule has 2 N–H and O–H groups in total. The summed E-state index contributed by atoms with van der Waals surface area (Å²) in [5.74, 6) is 0.779. The van der Waals surface area contributed by atoms with Crippen molar-refractivity contribution in [2.75, 3.05) is 13.2 Å². The van der Waals surface area contributed by atoms with Gasteiger partial charge in [-0.25, -0.2) is 0 Å². The molecule has 3 heteroatoms. The van der Waals surface area contributed by atoms with Crippen molar-refractivity contribution in [2.45, 2.75) is 65.2 Å². The molecule has 134 valence electrons. The number of aliphatic hydroxyl groups is 1. The van der Waals surface area contributed by atoms with Crippen molar-refractivity contribution < 1.29 is 9.84 Å². The van der Waals surface area contributed by atoms with Crippen molar-refractivity contribution >= 4 is 0 Å². The summed E-state index contributed by atoms with van der Waals surface area (Å²) in [5.41, 5.74) is 1.78. The van der Waals surface area contributed by atoms with Gasteiger partial charge in [0, 0.05) is 12.6 Å². The third-order valence-electron chi connectivity index (χ3n) is 6.55. The highest BCUT2D eigenvalue weighted by molar-refractivity contribution is 5.18. The highest BCUT2D eigenvalue weighted by Gasteiger charge is 2.60. The van der Waals surface area contributed by atoms with Crippen LogP contribution in [0.15, 0.2) is 30.3 Å². The summed E-state index contributed by atoms with van der Waals surface area (Å²) < 4.78 is 6.26. The van der Waals surface area contributed by atoms with Crippen LogP contribution in [-0.2, 0) is 4.74 Å². The molecule has 2 saturated carbocycles. The van der Waals surface area contributed by atoms with E-state index >= 15 is 0 Å². The fraction of sp³-hybridized carbons (Fsp3) is 0.714. The van der Waals surface area contributed by atoms with Gasteiger partial charge in [0.2, 0.25) is 0 Å². The first kappa shape index (κ1) is 17.9. The lowest BCUT2D eigenvalue weighted by Gasteiger charge is -2.42. The molecular weight excluding hydrogens is 298 g/mol. The summed E-state index contributed by atoms with van der Waals surface area (Å²) in [4.78, 5) is 0. The van der Waals surface area contributed by atoms with Gasteiger partial charge in [0.1, 0.15) is 0 Å². The summed E-state index contributed by atoms with van der Waals surface area (Å²) >= 11 is 0. The number of fused-ring (bicyclic) bond motifs is 2. The highest BCUT2D eigenvalue weighted by atomic mass is 16.5. The molecule has 0 aromatic heterocycles. The molecule has 2 bridgehead atoms. The van der Waals surface area contributed by atoms with Crippen LogP contribution in [0.5, 0.6) is 0 Å². The third-order valence-corrected chi connectivity index (χ3v) is 6.55. The predicted octanol–water partition coefficient (Wildman–Crippen LogP) is 3.93. The molecular formula is C21H33NO2. The summed E-state index contributed by atoms with van der Waals surface area (Å²) in [7, 11) is 0. The van der Waals surface area contributed by atoms with E-state index in [1.165, 1.54) is 24.8 Å². The molecule has 0 heterocycles. The minimum Gasteiger partial charge on any atom is -0.389 e. The van der Waals surface area contributed by atoms with E-state index in [9.17, 15) is 5.11 Å². The summed E-state index contributed by atoms with van der Waals surface area (Å²) in [5, 5.41) is 13.8. The normalized spacial score (nSPS) is 33.5. The molecule has 24 heavy (non-hydrogen) atoms. The Hall–Kier alpha value is -0.900. The Morgan fingerprint density at radius 1 is 1.25 bits per heavy atom. The van der Waals surface area contributed by atoms with E-state index in [4.69, 9.17) is 4.74 Å². The van der Waals surface area contributed by atoms with Gasteiger partial charge in [-0.1, -0.05) is 51.1 Å². The second-order valence-electron chi connectivity index (χ2n) is 8.82. The van der Waals surface area contributed by atoms with Crippen LogP contribution < -0.4 is 5.32 Å². The Bertz CT molecular complexity index is 539. The van der Waals surface area contributed by atoms with Crippen molar-refractivity contribution in [3.05, 3.63) is 35.9 Å². The average Bonchev–Trinajstić information content (AvgIpc) is 3.04. The molecule has 0 saturated heterocycles. The van der Waals surface area contributed by atoms with Crippen LogP contribution in [0.25, 0.3) is 0 Å². The Labute approximate surface area is 146 Å². The summed E-state index contributed by atoms with van der Waals surface area (Å²) in [6, 6.07) is 10.6. The summed E-state index contributed by atoms with van der Waals surface area (Å²) in [6.45, 7) is 10.2. The second kappa shape index (κ2) is 6.78. The van der Waals surface area contributed by atoms with Crippen molar-refractivity contribution in [3.63, 3.8) is 0 Å². The minimum absolute atomic E-state index is 0.234. The zero-order valence-electron chi connectivity index (χ0n) is 15.6. The first-order chi connectivity index (χ1) is 11.3. The Kier molecular flexibility index (Phi) is 5.06. The predicted molar refractivity (Wildman–Crippen MR) is 97.8 cm³/mol. The lowest BCUT2D eigenvalue weighted by atomic mass is 9.70. The molecule has 0 aliphatic heterocycles. The maximum Gasteiger partial charge on any atom is 0.0898 e. The quantitative estimate of drug-likeness (QED) is 0.795. The van der Waals surface area contributed by atoms with Gasteiger partial charge in [-0.3, -0.25) is 0 Å². The topological polar surface area (TPSA) is 41.5 Å². The van der Waals surface area contributed by atoms with Gasteiger partial charge >= 0.3 is 0 Å². The smallest absolute Gasteiger partial charge is 0.0898 e. The monoisotopic (exact) mass is 331 g/mol. The van der Waals surface area contributed by atoms with Crippen molar-refractivity contribution in [1.82, 2.24) is 5.32 Å². The average molecular weight is 332 g/mol. The van der Waals surface area contributed by atoms with Crippen LogP contribution in [0.1, 0.15) is 58.6 Å². The van der Waals surface area contributed by atoms with E-state index in [-0.39, 0.29) is 17.6 Å². The van der Waals surface area contributed by atoms with Crippen LogP contribution in [0.3, 0.4) is 0 Å². The largest absolute Gasteiger partial charge is 0.389 e. The number of benzene rings is 1. The first-order valence-corrected chi connectivity index (χ1v) is 9.41. The maximum atomic E-state index is 10.3. The lowest BCUT2D eigenvalue weighted by molar-refractivity contribution is -0.110. The van der Waals surface area contributed by atoms with Gasteiger partial charge in [0.05, 0.1) is 18.8 Å². The van der Waals surface area contributed by atoms with Gasteiger partial charge in [-0.2, -0.15) is 0 Å². The number of hydrogen-bond donors (Lipinski definition) is 2. The SMILES string of the molecule is C[C@@H](NC[C@@H](O)CO[C@@H]1C(C)(C)[C@@H]2CC[C@]1(C)C2)c1ccccc1. The molecule has 2 fully saturated rings. The van der Waals surface area contributed by atoms with Crippen molar-refractivity contribution in [2.24, 2.45) is 16.7 Å². The van der Waals surface area contributed by atoms with E-state index in [0.29, 0.717) is 18.6 Å². The van der Waals surface area contributed by atoms with Gasteiger partial charge in [-0.05, 0) is 48.5 Å². The maximum absolute atomic E-state index is 10.3. The standard InChI is InChI=1S/C21H33NO2/c1-15(16-8-6-5-7-9-16)22-13-18(23)14-24-19-20(2,3)17-10-11-21(19,4)12-17/h5-9,15,17-19,22-23H,10-14H2,1-4H3/t15-,17-,18-,19-,21-/m1/s1. The number of rotatable bonds is 7. The molecule has 0 amide bonds.